The topological polar surface area (TPSA) is 107 Å². The molecule has 0 aliphatic heterocycles. The van der Waals surface area contributed by atoms with Crippen LogP contribution in [0.5, 0.6) is 0 Å². The van der Waals surface area contributed by atoms with Gasteiger partial charge in [-0.25, -0.2) is 0 Å². The molecule has 0 spiro atoms. The SMILES string of the molecule is O=CCCCC(=O)NC(CO)(CO)CO. The van der Waals surface area contributed by atoms with Crippen LogP contribution >= 0.6 is 0 Å². The van der Waals surface area contributed by atoms with E-state index in [1.165, 1.54) is 0 Å². The second kappa shape index (κ2) is 7.33. The monoisotopic (exact) mass is 219 g/mol. The van der Waals surface area contributed by atoms with Crippen LogP contribution in [0.2, 0.25) is 0 Å². The van der Waals surface area contributed by atoms with Crippen molar-refractivity contribution in [2.45, 2.75) is 24.8 Å². The zero-order valence-corrected chi connectivity index (χ0v) is 8.48. The van der Waals surface area contributed by atoms with Gasteiger partial charge in [0.15, 0.2) is 0 Å². The van der Waals surface area contributed by atoms with Crippen LogP contribution in [0.1, 0.15) is 19.3 Å². The van der Waals surface area contributed by atoms with E-state index in [2.05, 4.69) is 5.32 Å². The molecule has 88 valence electrons. The Kier molecular flexibility index (Phi) is 6.85. The van der Waals surface area contributed by atoms with Crippen LogP contribution in [0.25, 0.3) is 0 Å². The lowest BCUT2D eigenvalue weighted by Gasteiger charge is -2.28. The molecular weight excluding hydrogens is 202 g/mol. The highest BCUT2D eigenvalue weighted by atomic mass is 16.3. The Bertz CT molecular complexity index is 194. The van der Waals surface area contributed by atoms with Crippen LogP contribution < -0.4 is 5.32 Å². The number of rotatable bonds is 8. The molecule has 0 aliphatic rings. The highest BCUT2D eigenvalue weighted by Gasteiger charge is 2.29. The number of aliphatic hydroxyl groups is 3. The lowest BCUT2D eigenvalue weighted by molar-refractivity contribution is -0.125. The van der Waals surface area contributed by atoms with Crippen molar-refractivity contribution >= 4 is 12.2 Å². The van der Waals surface area contributed by atoms with Gasteiger partial charge in [0.2, 0.25) is 5.91 Å². The normalized spacial score (nSPS) is 11.1. The van der Waals surface area contributed by atoms with Crippen molar-refractivity contribution in [2.24, 2.45) is 0 Å². The third kappa shape index (κ3) is 4.87. The molecule has 0 aromatic carbocycles. The highest BCUT2D eigenvalue weighted by molar-refractivity contribution is 5.77. The van der Waals surface area contributed by atoms with Gasteiger partial charge in [0.1, 0.15) is 11.8 Å². The fourth-order valence-corrected chi connectivity index (χ4v) is 0.973. The summed E-state index contributed by atoms with van der Waals surface area (Å²) in [6.45, 7) is -1.63. The maximum absolute atomic E-state index is 11.2. The van der Waals surface area contributed by atoms with Crippen LogP contribution in [0, 0.1) is 0 Å². The summed E-state index contributed by atoms with van der Waals surface area (Å²) < 4.78 is 0. The zero-order chi connectivity index (χ0) is 11.7. The molecule has 0 aliphatic carbocycles. The maximum Gasteiger partial charge on any atom is 0.220 e. The molecule has 0 saturated carbocycles. The Morgan fingerprint density at radius 3 is 2.13 bits per heavy atom. The molecule has 0 saturated heterocycles. The van der Waals surface area contributed by atoms with Gasteiger partial charge in [-0.15, -0.1) is 0 Å². The zero-order valence-electron chi connectivity index (χ0n) is 8.48. The minimum atomic E-state index is -1.38. The quantitative estimate of drug-likeness (QED) is 0.284. The van der Waals surface area contributed by atoms with Crippen molar-refractivity contribution in [1.29, 1.82) is 0 Å². The van der Waals surface area contributed by atoms with Crippen molar-refractivity contribution < 1.29 is 24.9 Å². The molecule has 6 heteroatoms. The fourth-order valence-electron chi connectivity index (χ4n) is 0.973. The number of carbonyl (C=O) groups excluding carboxylic acids is 2. The summed E-state index contributed by atoms with van der Waals surface area (Å²) in [5.74, 6) is -0.408. The number of hydrogen-bond donors (Lipinski definition) is 4. The van der Waals surface area contributed by atoms with Crippen molar-refractivity contribution in [3.63, 3.8) is 0 Å². The molecule has 15 heavy (non-hydrogen) atoms. The molecule has 0 fully saturated rings. The standard InChI is InChI=1S/C9H17NO5/c11-4-2-1-3-8(15)10-9(5-12,6-13)7-14/h4,12-14H,1-3,5-7H2,(H,10,15). The number of unbranched alkanes of at least 4 members (excludes halogenated alkanes) is 1. The summed E-state index contributed by atoms with van der Waals surface area (Å²) in [6, 6.07) is 0. The van der Waals surface area contributed by atoms with Gasteiger partial charge < -0.3 is 25.4 Å². The molecule has 0 bridgehead atoms. The average Bonchev–Trinajstić information content (AvgIpc) is 2.26. The first-order valence-corrected chi connectivity index (χ1v) is 4.71. The molecule has 6 nitrogen and oxygen atoms in total. The number of aliphatic hydroxyl groups excluding tert-OH is 3. The van der Waals surface area contributed by atoms with E-state index in [-0.39, 0.29) is 12.8 Å². The predicted octanol–water partition coefficient (Wildman–Crippen LogP) is -1.81. The first-order valence-electron chi connectivity index (χ1n) is 4.71. The maximum atomic E-state index is 11.2. The summed E-state index contributed by atoms with van der Waals surface area (Å²) >= 11 is 0. The summed E-state index contributed by atoms with van der Waals surface area (Å²) in [6.07, 6.45) is 1.54. The minimum Gasteiger partial charge on any atom is -0.394 e. The number of amides is 1. The molecule has 0 atom stereocenters. The van der Waals surface area contributed by atoms with E-state index in [4.69, 9.17) is 15.3 Å². The van der Waals surface area contributed by atoms with Gasteiger partial charge in [-0.3, -0.25) is 4.79 Å². The number of hydrogen-bond acceptors (Lipinski definition) is 5. The molecule has 4 N–H and O–H groups in total. The lowest BCUT2D eigenvalue weighted by Crippen LogP contribution is -2.57. The largest absolute Gasteiger partial charge is 0.394 e. The molecule has 0 aromatic rings. The predicted molar refractivity (Wildman–Crippen MR) is 52.0 cm³/mol. The third-order valence-corrected chi connectivity index (χ3v) is 2.04. The molecule has 1 amide bonds. The molecule has 0 rings (SSSR count). The molecule has 0 radical (unpaired) electrons. The van der Waals surface area contributed by atoms with Crippen LogP contribution in [0.15, 0.2) is 0 Å². The molecule has 0 aromatic heterocycles. The van der Waals surface area contributed by atoms with E-state index in [9.17, 15) is 9.59 Å². The van der Waals surface area contributed by atoms with Crippen molar-refractivity contribution in [2.75, 3.05) is 19.8 Å². The Hall–Kier alpha value is -0.980. The summed E-state index contributed by atoms with van der Waals surface area (Å²) in [4.78, 5) is 21.2. The molecule has 0 unspecified atom stereocenters. The summed E-state index contributed by atoms with van der Waals surface area (Å²) in [5, 5.41) is 29.1. The number of nitrogens with one attached hydrogen (secondary N) is 1. The van der Waals surface area contributed by atoms with Crippen molar-refractivity contribution in [1.82, 2.24) is 5.32 Å². The Labute approximate surface area is 87.9 Å². The molecule has 0 heterocycles. The first kappa shape index (κ1) is 14.0. The van der Waals surface area contributed by atoms with Gasteiger partial charge in [-0.1, -0.05) is 0 Å². The smallest absolute Gasteiger partial charge is 0.220 e. The summed E-state index contributed by atoms with van der Waals surface area (Å²) in [7, 11) is 0. The Morgan fingerprint density at radius 1 is 1.20 bits per heavy atom. The van der Waals surface area contributed by atoms with E-state index >= 15 is 0 Å². The van der Waals surface area contributed by atoms with Gasteiger partial charge in [0, 0.05) is 12.8 Å². The Morgan fingerprint density at radius 2 is 1.73 bits per heavy atom. The van der Waals surface area contributed by atoms with Gasteiger partial charge in [-0.05, 0) is 6.42 Å². The van der Waals surface area contributed by atoms with E-state index in [0.29, 0.717) is 12.7 Å². The van der Waals surface area contributed by atoms with E-state index < -0.39 is 31.3 Å². The van der Waals surface area contributed by atoms with Crippen LogP contribution in [-0.4, -0.2) is 52.9 Å². The second-order valence-corrected chi connectivity index (χ2v) is 3.36. The highest BCUT2D eigenvalue weighted by Crippen LogP contribution is 2.03. The minimum absolute atomic E-state index is 0.125. The van der Waals surface area contributed by atoms with Crippen LogP contribution in [0.3, 0.4) is 0 Å². The van der Waals surface area contributed by atoms with E-state index in [1.54, 1.807) is 0 Å². The van der Waals surface area contributed by atoms with Crippen molar-refractivity contribution in [3.8, 4) is 0 Å². The first-order chi connectivity index (χ1) is 7.14. The second-order valence-electron chi connectivity index (χ2n) is 3.36. The van der Waals surface area contributed by atoms with Gasteiger partial charge in [-0.2, -0.15) is 0 Å². The third-order valence-electron chi connectivity index (χ3n) is 2.04. The van der Waals surface area contributed by atoms with Crippen LogP contribution in [0.4, 0.5) is 0 Å². The van der Waals surface area contributed by atoms with Crippen molar-refractivity contribution in [3.05, 3.63) is 0 Å². The lowest BCUT2D eigenvalue weighted by atomic mass is 10.0. The fraction of sp³-hybridized carbons (Fsp3) is 0.778. The van der Waals surface area contributed by atoms with Gasteiger partial charge >= 0.3 is 0 Å². The van der Waals surface area contributed by atoms with Crippen LogP contribution in [-0.2, 0) is 9.59 Å². The molecular formula is C9H17NO5. The average molecular weight is 219 g/mol. The number of carbonyl (C=O) groups is 2. The van der Waals surface area contributed by atoms with E-state index in [0.717, 1.165) is 0 Å². The van der Waals surface area contributed by atoms with Gasteiger partial charge in [0.05, 0.1) is 19.8 Å². The Balaban J connectivity index is 4.05. The van der Waals surface area contributed by atoms with Gasteiger partial charge in [0.25, 0.3) is 0 Å². The summed E-state index contributed by atoms with van der Waals surface area (Å²) in [5.41, 5.74) is -1.38. The number of aldehydes is 1. The van der Waals surface area contributed by atoms with E-state index in [1.807, 2.05) is 0 Å².